The molecule has 1 amide bonds. The topological polar surface area (TPSA) is 84.9 Å². The number of nitrogens with one attached hydrogen (secondary N) is 1. The second kappa shape index (κ2) is 8.31. The highest BCUT2D eigenvalue weighted by atomic mass is 16.5. The van der Waals surface area contributed by atoms with Crippen molar-refractivity contribution >= 4 is 28.5 Å². The van der Waals surface area contributed by atoms with Gasteiger partial charge in [0.15, 0.2) is 0 Å². The fourth-order valence-electron chi connectivity index (χ4n) is 4.48. The number of anilines is 1. The molecule has 6 heteroatoms. The summed E-state index contributed by atoms with van der Waals surface area (Å²) in [5.41, 5.74) is 5.19. The van der Waals surface area contributed by atoms with Crippen molar-refractivity contribution < 1.29 is 24.2 Å². The van der Waals surface area contributed by atoms with Gasteiger partial charge in [0.2, 0.25) is 0 Å². The Balaban J connectivity index is 1.39. The van der Waals surface area contributed by atoms with Crippen molar-refractivity contribution in [2.75, 3.05) is 19.0 Å². The third kappa shape index (κ3) is 3.65. The Morgan fingerprint density at radius 3 is 2.21 bits per heavy atom. The maximum absolute atomic E-state index is 12.8. The lowest BCUT2D eigenvalue weighted by Gasteiger charge is -2.16. The van der Waals surface area contributed by atoms with Crippen molar-refractivity contribution in [3.8, 4) is 16.9 Å². The van der Waals surface area contributed by atoms with Gasteiger partial charge in [0.25, 0.3) is 0 Å². The van der Waals surface area contributed by atoms with Crippen LogP contribution in [0.25, 0.3) is 21.9 Å². The van der Waals surface area contributed by atoms with Gasteiger partial charge in [-0.1, -0.05) is 60.7 Å². The third-order valence-corrected chi connectivity index (χ3v) is 6.02. The number of benzene rings is 4. The number of aromatic carboxylic acids is 1. The van der Waals surface area contributed by atoms with Crippen molar-refractivity contribution in [3.63, 3.8) is 0 Å². The number of carboxylic acid groups (broad SMARTS) is 1. The molecule has 0 heterocycles. The Morgan fingerprint density at radius 1 is 0.909 bits per heavy atom. The molecular weight excluding hydrogens is 418 g/mol. The van der Waals surface area contributed by atoms with E-state index in [4.69, 9.17) is 9.47 Å². The van der Waals surface area contributed by atoms with E-state index in [-0.39, 0.29) is 18.1 Å². The van der Waals surface area contributed by atoms with Crippen molar-refractivity contribution in [3.05, 3.63) is 95.6 Å². The molecule has 0 radical (unpaired) electrons. The average molecular weight is 439 g/mol. The van der Waals surface area contributed by atoms with Crippen LogP contribution in [0.1, 0.15) is 27.4 Å². The van der Waals surface area contributed by atoms with E-state index < -0.39 is 12.1 Å². The summed E-state index contributed by atoms with van der Waals surface area (Å²) in [6.45, 7) is 0.191. The smallest absolute Gasteiger partial charge is 0.411 e. The maximum Gasteiger partial charge on any atom is 0.411 e. The minimum atomic E-state index is -1.02. The van der Waals surface area contributed by atoms with Crippen LogP contribution in [0, 0.1) is 0 Å². The number of ether oxygens (including phenoxy) is 2. The molecule has 6 nitrogen and oxygen atoms in total. The van der Waals surface area contributed by atoms with E-state index >= 15 is 0 Å². The molecule has 0 atom stereocenters. The fraction of sp³-hybridized carbons (Fsp3) is 0.111. The van der Waals surface area contributed by atoms with Crippen molar-refractivity contribution in [2.24, 2.45) is 0 Å². The Bertz CT molecular complexity index is 1350. The normalized spacial score (nSPS) is 12.2. The molecule has 0 aromatic heterocycles. The van der Waals surface area contributed by atoms with Crippen LogP contribution in [0.4, 0.5) is 10.5 Å². The average Bonchev–Trinajstić information content (AvgIpc) is 3.16. The molecule has 5 rings (SSSR count). The molecule has 0 fully saturated rings. The van der Waals surface area contributed by atoms with E-state index in [1.54, 1.807) is 24.3 Å². The Labute approximate surface area is 190 Å². The van der Waals surface area contributed by atoms with Gasteiger partial charge in [-0.2, -0.15) is 0 Å². The van der Waals surface area contributed by atoms with Crippen LogP contribution in [0.5, 0.6) is 5.75 Å². The number of fused-ring (bicyclic) bond motifs is 4. The molecule has 0 saturated heterocycles. The second-order valence-electron chi connectivity index (χ2n) is 7.83. The van der Waals surface area contributed by atoms with Gasteiger partial charge < -0.3 is 14.6 Å². The minimum Gasteiger partial charge on any atom is -0.495 e. The van der Waals surface area contributed by atoms with Gasteiger partial charge in [-0.05, 0) is 45.8 Å². The number of hydrogen-bond donors (Lipinski definition) is 2. The minimum absolute atomic E-state index is 0.0457. The second-order valence-corrected chi connectivity index (χ2v) is 7.83. The van der Waals surface area contributed by atoms with Crippen LogP contribution in [0.3, 0.4) is 0 Å². The number of hydrogen-bond acceptors (Lipinski definition) is 4. The third-order valence-electron chi connectivity index (χ3n) is 6.02. The van der Waals surface area contributed by atoms with E-state index in [9.17, 15) is 14.7 Å². The van der Waals surface area contributed by atoms with Gasteiger partial charge >= 0.3 is 12.1 Å². The molecule has 33 heavy (non-hydrogen) atoms. The van der Waals surface area contributed by atoms with Gasteiger partial charge in [0, 0.05) is 11.3 Å². The number of carbonyl (C=O) groups excluding carboxylic acids is 1. The summed E-state index contributed by atoms with van der Waals surface area (Å²) >= 11 is 0. The lowest BCUT2D eigenvalue weighted by Crippen LogP contribution is -2.18. The predicted molar refractivity (Wildman–Crippen MR) is 126 cm³/mol. The Hall–Kier alpha value is -4.32. The van der Waals surface area contributed by atoms with Crippen LogP contribution in [0.15, 0.2) is 78.9 Å². The lowest BCUT2D eigenvalue weighted by atomic mass is 9.98. The van der Waals surface area contributed by atoms with Crippen molar-refractivity contribution in [1.29, 1.82) is 0 Å². The lowest BCUT2D eigenvalue weighted by molar-refractivity contribution is 0.0697. The van der Waals surface area contributed by atoms with E-state index in [1.165, 1.54) is 13.2 Å². The zero-order chi connectivity index (χ0) is 22.9. The van der Waals surface area contributed by atoms with E-state index in [2.05, 4.69) is 29.6 Å². The summed E-state index contributed by atoms with van der Waals surface area (Å²) in [7, 11) is 1.51. The maximum atomic E-state index is 12.8. The van der Waals surface area contributed by atoms with Crippen LogP contribution in [-0.2, 0) is 4.74 Å². The van der Waals surface area contributed by atoms with Crippen molar-refractivity contribution in [2.45, 2.75) is 5.92 Å². The van der Waals surface area contributed by atoms with Gasteiger partial charge in [0.05, 0.1) is 18.4 Å². The molecule has 0 spiro atoms. The van der Waals surface area contributed by atoms with Gasteiger partial charge in [-0.15, -0.1) is 0 Å². The molecule has 0 aliphatic heterocycles. The summed E-state index contributed by atoms with van der Waals surface area (Å²) in [5, 5.41) is 13.4. The predicted octanol–water partition coefficient (Wildman–Crippen LogP) is 5.91. The highest BCUT2D eigenvalue weighted by Gasteiger charge is 2.29. The highest BCUT2D eigenvalue weighted by Crippen LogP contribution is 2.44. The van der Waals surface area contributed by atoms with Gasteiger partial charge in [0.1, 0.15) is 12.4 Å². The van der Waals surface area contributed by atoms with Gasteiger partial charge in [-0.25, -0.2) is 9.59 Å². The molecule has 0 unspecified atom stereocenters. The monoisotopic (exact) mass is 439 g/mol. The first-order chi connectivity index (χ1) is 16.1. The molecule has 4 aromatic rings. The Kier molecular flexibility index (Phi) is 5.18. The number of methoxy groups -OCH3 is 1. The molecule has 2 N–H and O–H groups in total. The summed E-state index contributed by atoms with van der Waals surface area (Å²) < 4.78 is 11.1. The van der Waals surface area contributed by atoms with Crippen LogP contribution in [0.2, 0.25) is 0 Å². The first kappa shape index (κ1) is 20.6. The highest BCUT2D eigenvalue weighted by molar-refractivity contribution is 6.05. The summed E-state index contributed by atoms with van der Waals surface area (Å²) in [4.78, 5) is 24.1. The zero-order valence-corrected chi connectivity index (χ0v) is 17.9. The largest absolute Gasteiger partial charge is 0.495 e. The summed E-state index contributed by atoms with van der Waals surface area (Å²) in [6, 6.07) is 24.4. The van der Waals surface area contributed by atoms with Crippen LogP contribution in [-0.4, -0.2) is 30.9 Å². The number of carboxylic acids is 1. The molecule has 1 aliphatic rings. The van der Waals surface area contributed by atoms with Gasteiger partial charge in [-0.3, -0.25) is 5.32 Å². The SMILES string of the molecule is COc1ccc2cc(C(=O)O)ccc2c1NC(=O)OCC1c2ccccc2-c2ccccc21. The molecular formula is C27H21NO5. The Morgan fingerprint density at radius 2 is 1.58 bits per heavy atom. The number of carbonyl (C=O) groups is 2. The van der Waals surface area contributed by atoms with E-state index in [0.717, 1.165) is 22.3 Å². The first-order valence-corrected chi connectivity index (χ1v) is 10.5. The molecule has 0 saturated carbocycles. The molecule has 4 aromatic carbocycles. The van der Waals surface area contributed by atoms with Crippen LogP contribution < -0.4 is 10.1 Å². The first-order valence-electron chi connectivity index (χ1n) is 10.5. The summed E-state index contributed by atoms with van der Waals surface area (Å²) in [6.07, 6.45) is -0.607. The molecule has 0 bridgehead atoms. The number of rotatable bonds is 5. The van der Waals surface area contributed by atoms with Crippen molar-refractivity contribution in [1.82, 2.24) is 0 Å². The molecule has 1 aliphatic carbocycles. The number of amides is 1. The van der Waals surface area contributed by atoms with Crippen LogP contribution >= 0.6 is 0 Å². The zero-order valence-electron chi connectivity index (χ0n) is 17.9. The molecule has 164 valence electrons. The fourth-order valence-corrected chi connectivity index (χ4v) is 4.48. The summed E-state index contributed by atoms with van der Waals surface area (Å²) in [5.74, 6) is -0.603. The standard InChI is InChI=1S/C27H21NO5/c1-32-24-13-11-16-14-17(26(29)30)10-12-18(16)25(24)28-27(31)33-15-23-21-8-4-2-6-19(21)20-7-3-5-9-22(20)23/h2-14,23H,15H2,1H3,(H,28,31)(H,29,30). The van der Waals surface area contributed by atoms with E-state index in [0.29, 0.717) is 22.2 Å². The van der Waals surface area contributed by atoms with E-state index in [1.807, 2.05) is 24.3 Å². The quantitative estimate of drug-likeness (QED) is 0.404.